The minimum Gasteiger partial charge on any atom is -0.319 e. The summed E-state index contributed by atoms with van der Waals surface area (Å²) in [6.45, 7) is 2.18. The van der Waals surface area contributed by atoms with Crippen molar-refractivity contribution in [1.29, 1.82) is 0 Å². The minimum atomic E-state index is -1.28. The number of urea groups is 1. The van der Waals surface area contributed by atoms with Gasteiger partial charge in [-0.1, -0.05) is 44.0 Å². The summed E-state index contributed by atoms with van der Waals surface area (Å²) in [4.78, 5) is 43.0. The van der Waals surface area contributed by atoms with Crippen molar-refractivity contribution in [1.82, 2.24) is 10.2 Å². The number of amides is 4. The van der Waals surface area contributed by atoms with Crippen LogP contribution in [-0.4, -0.2) is 41.6 Å². The van der Waals surface area contributed by atoms with Crippen LogP contribution in [0.1, 0.15) is 31.7 Å². The first-order valence-corrected chi connectivity index (χ1v) is 11.4. The fourth-order valence-electron chi connectivity index (χ4n) is 4.10. The van der Waals surface area contributed by atoms with Crippen LogP contribution < -0.4 is 10.2 Å². The Bertz CT molecular complexity index is 1010. The molecular weight excluding hydrogens is 417 g/mol. The molecule has 1 N–H and O–H groups in total. The van der Waals surface area contributed by atoms with Crippen molar-refractivity contribution in [2.24, 2.45) is 0 Å². The second-order valence-electron chi connectivity index (χ2n) is 7.70. The van der Waals surface area contributed by atoms with Gasteiger partial charge >= 0.3 is 6.03 Å². The van der Waals surface area contributed by atoms with E-state index in [2.05, 4.69) is 5.32 Å². The molecular formula is C23H24FN3O3S. The number of carbonyl (C=O) groups is 3. The normalized spacial score (nSPS) is 20.6. The maximum absolute atomic E-state index is 13.5. The molecule has 4 amide bonds. The van der Waals surface area contributed by atoms with E-state index in [4.69, 9.17) is 0 Å². The summed E-state index contributed by atoms with van der Waals surface area (Å²) in [6.07, 6.45) is 1.91. The van der Waals surface area contributed by atoms with Crippen LogP contribution in [0.4, 0.5) is 14.9 Å². The van der Waals surface area contributed by atoms with Crippen LogP contribution in [0.25, 0.3) is 0 Å². The summed E-state index contributed by atoms with van der Waals surface area (Å²) in [5.41, 5.74) is 0.0402. The van der Waals surface area contributed by atoms with E-state index < -0.39 is 23.3 Å². The molecule has 0 spiro atoms. The maximum atomic E-state index is 13.5. The van der Waals surface area contributed by atoms with E-state index in [0.29, 0.717) is 24.9 Å². The topological polar surface area (TPSA) is 69.7 Å². The third-order valence-corrected chi connectivity index (χ3v) is 6.78. The number of rotatable bonds is 6. The number of anilines is 1. The zero-order chi connectivity index (χ0) is 22.0. The van der Waals surface area contributed by atoms with E-state index in [-0.39, 0.29) is 12.5 Å². The number of nitrogens with zero attached hydrogens (tertiary/aromatic N) is 2. The molecule has 8 heteroatoms. The number of halogens is 1. The second-order valence-corrected chi connectivity index (χ2v) is 8.84. The van der Waals surface area contributed by atoms with Crippen LogP contribution in [0.2, 0.25) is 0 Å². The van der Waals surface area contributed by atoms with Crippen molar-refractivity contribution in [2.75, 3.05) is 23.7 Å². The first-order valence-electron chi connectivity index (χ1n) is 10.4. The van der Waals surface area contributed by atoms with Gasteiger partial charge < -0.3 is 10.2 Å². The van der Waals surface area contributed by atoms with Crippen LogP contribution in [0.5, 0.6) is 0 Å². The lowest BCUT2D eigenvalue weighted by molar-refractivity contribution is -0.134. The molecule has 1 saturated heterocycles. The van der Waals surface area contributed by atoms with Gasteiger partial charge in [0.1, 0.15) is 17.9 Å². The SMILES string of the molecule is CCCCC1(c2ccc(F)cc2)NC(=O)N(CC(=O)N2CCSc3ccccc32)C1=O. The number of fused-ring (bicyclic) bond motifs is 1. The van der Waals surface area contributed by atoms with Crippen LogP contribution in [0.15, 0.2) is 53.4 Å². The fraction of sp³-hybridized carbons (Fsp3) is 0.348. The second kappa shape index (κ2) is 8.70. The molecule has 2 heterocycles. The van der Waals surface area contributed by atoms with Crippen molar-refractivity contribution in [3.63, 3.8) is 0 Å². The van der Waals surface area contributed by atoms with Crippen LogP contribution in [0.3, 0.4) is 0 Å². The zero-order valence-corrected chi connectivity index (χ0v) is 18.1. The number of hydrogen-bond donors (Lipinski definition) is 1. The van der Waals surface area contributed by atoms with E-state index >= 15 is 0 Å². The molecule has 162 valence electrons. The minimum absolute atomic E-state index is 0.304. The zero-order valence-electron chi connectivity index (χ0n) is 17.3. The maximum Gasteiger partial charge on any atom is 0.325 e. The van der Waals surface area contributed by atoms with E-state index in [1.54, 1.807) is 16.7 Å². The molecule has 2 aliphatic heterocycles. The average Bonchev–Trinajstić information content (AvgIpc) is 3.02. The molecule has 4 rings (SSSR count). The quantitative estimate of drug-likeness (QED) is 0.691. The Morgan fingerprint density at radius 2 is 1.90 bits per heavy atom. The molecule has 0 bridgehead atoms. The summed E-state index contributed by atoms with van der Waals surface area (Å²) in [7, 11) is 0. The predicted molar refractivity (Wildman–Crippen MR) is 117 cm³/mol. The van der Waals surface area contributed by atoms with Gasteiger partial charge in [-0.2, -0.15) is 0 Å². The number of hydrogen-bond acceptors (Lipinski definition) is 4. The van der Waals surface area contributed by atoms with Crippen LogP contribution in [-0.2, 0) is 15.1 Å². The number of imide groups is 1. The standard InChI is InChI=1S/C23H24FN3O3S/c1-2-3-12-23(16-8-10-17(24)11-9-16)21(29)27(22(30)25-23)15-20(28)26-13-14-31-19-7-5-4-6-18(19)26/h4-11H,2-3,12-15H2,1H3,(H,25,30). The van der Waals surface area contributed by atoms with Gasteiger partial charge in [-0.3, -0.25) is 14.5 Å². The lowest BCUT2D eigenvalue weighted by Crippen LogP contribution is -2.46. The highest BCUT2D eigenvalue weighted by atomic mass is 32.2. The molecule has 2 aromatic rings. The van der Waals surface area contributed by atoms with Crippen LogP contribution >= 0.6 is 11.8 Å². The first-order chi connectivity index (χ1) is 15.0. The highest BCUT2D eigenvalue weighted by Crippen LogP contribution is 2.36. The van der Waals surface area contributed by atoms with Gasteiger partial charge in [0.25, 0.3) is 5.91 Å². The Morgan fingerprint density at radius 3 is 2.65 bits per heavy atom. The summed E-state index contributed by atoms with van der Waals surface area (Å²) in [5, 5.41) is 2.81. The van der Waals surface area contributed by atoms with Gasteiger partial charge in [-0.15, -0.1) is 11.8 Å². The van der Waals surface area contributed by atoms with Crippen molar-refractivity contribution >= 4 is 35.3 Å². The smallest absolute Gasteiger partial charge is 0.319 e. The number of para-hydroxylation sites is 1. The highest BCUT2D eigenvalue weighted by molar-refractivity contribution is 7.99. The molecule has 0 saturated carbocycles. The Hall–Kier alpha value is -2.87. The number of unbranched alkanes of at least 4 members (excludes halogenated alkanes) is 1. The van der Waals surface area contributed by atoms with Crippen molar-refractivity contribution in [3.8, 4) is 0 Å². The van der Waals surface area contributed by atoms with Crippen molar-refractivity contribution in [2.45, 2.75) is 36.6 Å². The van der Waals surface area contributed by atoms with E-state index in [9.17, 15) is 18.8 Å². The molecule has 0 radical (unpaired) electrons. The van der Waals surface area contributed by atoms with Gasteiger partial charge in [0.15, 0.2) is 0 Å². The largest absolute Gasteiger partial charge is 0.325 e. The van der Waals surface area contributed by atoms with Gasteiger partial charge in [-0.05, 0) is 36.2 Å². The van der Waals surface area contributed by atoms with Crippen molar-refractivity contribution in [3.05, 3.63) is 59.9 Å². The Morgan fingerprint density at radius 1 is 1.16 bits per heavy atom. The third kappa shape index (κ3) is 3.92. The lowest BCUT2D eigenvalue weighted by Gasteiger charge is -2.30. The Kier molecular flexibility index (Phi) is 6.00. The molecule has 1 atom stereocenters. The monoisotopic (exact) mass is 441 g/mol. The summed E-state index contributed by atoms with van der Waals surface area (Å²) >= 11 is 1.68. The molecule has 31 heavy (non-hydrogen) atoms. The number of nitrogens with one attached hydrogen (secondary N) is 1. The summed E-state index contributed by atoms with van der Waals surface area (Å²) in [6, 6.07) is 12.6. The molecule has 0 aromatic heterocycles. The average molecular weight is 442 g/mol. The Labute approximate surface area is 184 Å². The number of benzene rings is 2. The van der Waals surface area contributed by atoms with E-state index in [1.165, 1.54) is 24.3 Å². The molecule has 1 fully saturated rings. The fourth-order valence-corrected chi connectivity index (χ4v) is 5.10. The van der Waals surface area contributed by atoms with Gasteiger partial charge in [0.05, 0.1) is 5.69 Å². The van der Waals surface area contributed by atoms with Gasteiger partial charge in [-0.25, -0.2) is 9.18 Å². The molecule has 1 unspecified atom stereocenters. The number of carbonyl (C=O) groups excluding carboxylic acids is 3. The van der Waals surface area contributed by atoms with Gasteiger partial charge in [0.2, 0.25) is 5.91 Å². The molecule has 2 aliphatic rings. The highest BCUT2D eigenvalue weighted by Gasteiger charge is 2.52. The van der Waals surface area contributed by atoms with Crippen molar-refractivity contribution < 1.29 is 18.8 Å². The Balaban J connectivity index is 1.60. The number of thioether (sulfide) groups is 1. The van der Waals surface area contributed by atoms with Crippen LogP contribution in [0, 0.1) is 5.82 Å². The van der Waals surface area contributed by atoms with Gasteiger partial charge in [0, 0.05) is 17.2 Å². The van der Waals surface area contributed by atoms with E-state index in [0.717, 1.165) is 27.7 Å². The molecule has 6 nitrogen and oxygen atoms in total. The molecule has 2 aromatic carbocycles. The molecule has 0 aliphatic carbocycles. The van der Waals surface area contributed by atoms with E-state index in [1.807, 2.05) is 31.2 Å². The summed E-state index contributed by atoms with van der Waals surface area (Å²) < 4.78 is 13.5. The first kappa shape index (κ1) is 21.4. The summed E-state index contributed by atoms with van der Waals surface area (Å²) in [5.74, 6) is -0.439. The predicted octanol–water partition coefficient (Wildman–Crippen LogP) is 3.90. The third-order valence-electron chi connectivity index (χ3n) is 5.74. The lowest BCUT2D eigenvalue weighted by atomic mass is 9.85.